The minimum atomic E-state index is -0.0326. The highest BCUT2D eigenvalue weighted by Crippen LogP contribution is 2.23. The summed E-state index contributed by atoms with van der Waals surface area (Å²) in [4.78, 5) is 0. The molecule has 0 bridgehead atoms. The second-order valence-electron chi connectivity index (χ2n) is 4.85. The van der Waals surface area contributed by atoms with Crippen LogP contribution >= 0.6 is 0 Å². The second kappa shape index (κ2) is 4.92. The van der Waals surface area contributed by atoms with Gasteiger partial charge in [-0.05, 0) is 32.4 Å². The van der Waals surface area contributed by atoms with Crippen LogP contribution in [0.3, 0.4) is 0 Å². The summed E-state index contributed by atoms with van der Waals surface area (Å²) in [7, 11) is 1.94. The number of aromatic nitrogens is 2. The quantitative estimate of drug-likeness (QED) is 0.640. The van der Waals surface area contributed by atoms with Crippen LogP contribution in [-0.2, 0) is 7.05 Å². The van der Waals surface area contributed by atoms with Crippen molar-refractivity contribution >= 4 is 0 Å². The molecule has 4 heteroatoms. The molecule has 18 heavy (non-hydrogen) atoms. The van der Waals surface area contributed by atoms with E-state index >= 15 is 0 Å². The smallest absolute Gasteiger partial charge is 0.0878 e. The number of hydrogen-bond donors (Lipinski definition) is 2. The molecule has 0 aliphatic rings. The summed E-state index contributed by atoms with van der Waals surface area (Å²) in [5.41, 5.74) is 8.59. The van der Waals surface area contributed by atoms with Crippen molar-refractivity contribution in [2.24, 2.45) is 12.9 Å². The zero-order valence-corrected chi connectivity index (χ0v) is 11.4. The van der Waals surface area contributed by atoms with Gasteiger partial charge in [-0.3, -0.25) is 10.5 Å². The molecule has 2 rings (SSSR count). The fourth-order valence-electron chi connectivity index (χ4n) is 2.43. The van der Waals surface area contributed by atoms with Crippen LogP contribution in [0.4, 0.5) is 0 Å². The molecule has 0 aliphatic carbocycles. The van der Waals surface area contributed by atoms with E-state index in [0.29, 0.717) is 0 Å². The normalized spacial score (nSPS) is 12.7. The van der Waals surface area contributed by atoms with Crippen molar-refractivity contribution in [3.05, 3.63) is 52.3 Å². The monoisotopic (exact) mass is 244 g/mol. The van der Waals surface area contributed by atoms with Gasteiger partial charge in [0.05, 0.1) is 17.4 Å². The van der Waals surface area contributed by atoms with Gasteiger partial charge in [0.2, 0.25) is 0 Å². The first-order valence-electron chi connectivity index (χ1n) is 6.06. The summed E-state index contributed by atoms with van der Waals surface area (Å²) < 4.78 is 1.87. The van der Waals surface area contributed by atoms with Crippen molar-refractivity contribution in [2.45, 2.75) is 26.8 Å². The Balaban J connectivity index is 2.48. The second-order valence-corrected chi connectivity index (χ2v) is 4.85. The highest BCUT2D eigenvalue weighted by Gasteiger charge is 2.17. The van der Waals surface area contributed by atoms with Crippen LogP contribution < -0.4 is 11.3 Å². The van der Waals surface area contributed by atoms with Gasteiger partial charge in [-0.2, -0.15) is 5.10 Å². The van der Waals surface area contributed by atoms with Crippen LogP contribution in [0.2, 0.25) is 0 Å². The molecule has 2 aromatic rings. The van der Waals surface area contributed by atoms with Crippen LogP contribution in [0, 0.1) is 20.8 Å². The number of rotatable bonds is 3. The summed E-state index contributed by atoms with van der Waals surface area (Å²) in [5, 5.41) is 4.37. The Morgan fingerprint density at radius 3 is 2.17 bits per heavy atom. The van der Waals surface area contributed by atoms with Gasteiger partial charge in [-0.1, -0.05) is 29.3 Å². The summed E-state index contributed by atoms with van der Waals surface area (Å²) in [6.45, 7) is 6.18. The number of benzene rings is 1. The minimum absolute atomic E-state index is 0.0326. The SMILES string of the molecule is Cc1cc(C)cc(C(NN)c2cc(C)nn2C)c1. The minimum Gasteiger partial charge on any atom is -0.271 e. The van der Waals surface area contributed by atoms with Gasteiger partial charge >= 0.3 is 0 Å². The van der Waals surface area contributed by atoms with Crippen LogP contribution in [0.5, 0.6) is 0 Å². The first-order chi connectivity index (χ1) is 8.51. The molecule has 1 aromatic carbocycles. The topological polar surface area (TPSA) is 55.9 Å². The lowest BCUT2D eigenvalue weighted by Crippen LogP contribution is -2.30. The van der Waals surface area contributed by atoms with E-state index < -0.39 is 0 Å². The van der Waals surface area contributed by atoms with E-state index in [4.69, 9.17) is 5.84 Å². The maximum absolute atomic E-state index is 5.72. The van der Waals surface area contributed by atoms with Crippen molar-refractivity contribution in [3.63, 3.8) is 0 Å². The molecule has 1 atom stereocenters. The van der Waals surface area contributed by atoms with E-state index in [0.717, 1.165) is 17.0 Å². The Hall–Kier alpha value is -1.65. The maximum atomic E-state index is 5.72. The number of aryl methyl sites for hydroxylation is 4. The highest BCUT2D eigenvalue weighted by atomic mass is 15.3. The van der Waals surface area contributed by atoms with E-state index in [1.165, 1.54) is 11.1 Å². The largest absolute Gasteiger partial charge is 0.271 e. The molecule has 96 valence electrons. The standard InChI is InChI=1S/C14H20N4/c1-9-5-10(2)7-12(6-9)14(16-15)13-8-11(3)17-18(13)4/h5-8,14,16H,15H2,1-4H3. The van der Waals surface area contributed by atoms with E-state index in [1.807, 2.05) is 18.7 Å². The maximum Gasteiger partial charge on any atom is 0.0878 e. The average molecular weight is 244 g/mol. The van der Waals surface area contributed by atoms with Crippen LogP contribution in [0.1, 0.15) is 34.1 Å². The number of nitrogens with zero attached hydrogens (tertiary/aromatic N) is 2. The van der Waals surface area contributed by atoms with Gasteiger partial charge in [0.1, 0.15) is 0 Å². The summed E-state index contributed by atoms with van der Waals surface area (Å²) >= 11 is 0. The Kier molecular flexibility index (Phi) is 3.50. The van der Waals surface area contributed by atoms with Crippen molar-refractivity contribution in [1.82, 2.24) is 15.2 Å². The lowest BCUT2D eigenvalue weighted by Gasteiger charge is -2.18. The molecule has 0 saturated heterocycles. The molecule has 0 aliphatic heterocycles. The molecule has 1 heterocycles. The Morgan fingerprint density at radius 1 is 1.11 bits per heavy atom. The van der Waals surface area contributed by atoms with Gasteiger partial charge in [-0.15, -0.1) is 0 Å². The zero-order valence-electron chi connectivity index (χ0n) is 11.4. The van der Waals surface area contributed by atoms with Gasteiger partial charge in [0.15, 0.2) is 0 Å². The molecule has 1 aromatic heterocycles. The summed E-state index contributed by atoms with van der Waals surface area (Å²) in [6.07, 6.45) is 0. The third-order valence-electron chi connectivity index (χ3n) is 3.08. The molecule has 0 radical (unpaired) electrons. The van der Waals surface area contributed by atoms with Crippen LogP contribution in [-0.4, -0.2) is 9.78 Å². The lowest BCUT2D eigenvalue weighted by atomic mass is 9.99. The predicted molar refractivity (Wildman–Crippen MR) is 73.0 cm³/mol. The van der Waals surface area contributed by atoms with Crippen molar-refractivity contribution in [2.75, 3.05) is 0 Å². The molecular formula is C14H20N4. The predicted octanol–water partition coefficient (Wildman–Crippen LogP) is 1.90. The zero-order chi connectivity index (χ0) is 13.3. The molecule has 1 unspecified atom stereocenters. The van der Waals surface area contributed by atoms with Gasteiger partial charge in [0.25, 0.3) is 0 Å². The molecule has 4 nitrogen and oxygen atoms in total. The molecule has 3 N–H and O–H groups in total. The van der Waals surface area contributed by atoms with E-state index in [-0.39, 0.29) is 6.04 Å². The van der Waals surface area contributed by atoms with Crippen molar-refractivity contribution in [1.29, 1.82) is 0 Å². The fourth-order valence-corrected chi connectivity index (χ4v) is 2.43. The Labute approximate surface area is 108 Å². The summed E-state index contributed by atoms with van der Waals surface area (Å²) in [6, 6.07) is 8.49. The van der Waals surface area contributed by atoms with Gasteiger partial charge in [-0.25, -0.2) is 5.43 Å². The molecule has 0 amide bonds. The fraction of sp³-hybridized carbons (Fsp3) is 0.357. The Bertz CT molecular complexity index is 537. The van der Waals surface area contributed by atoms with Crippen LogP contribution in [0.15, 0.2) is 24.3 Å². The number of nitrogens with one attached hydrogen (secondary N) is 1. The molecular weight excluding hydrogens is 224 g/mol. The van der Waals surface area contributed by atoms with Crippen molar-refractivity contribution in [3.8, 4) is 0 Å². The van der Waals surface area contributed by atoms with Gasteiger partial charge in [0, 0.05) is 7.05 Å². The van der Waals surface area contributed by atoms with E-state index in [2.05, 4.69) is 48.6 Å². The van der Waals surface area contributed by atoms with Crippen molar-refractivity contribution < 1.29 is 0 Å². The van der Waals surface area contributed by atoms with E-state index in [1.54, 1.807) is 0 Å². The third-order valence-corrected chi connectivity index (χ3v) is 3.08. The van der Waals surface area contributed by atoms with Gasteiger partial charge < -0.3 is 0 Å². The first kappa shape index (κ1) is 12.8. The number of hydrazine groups is 1. The molecule has 0 spiro atoms. The van der Waals surface area contributed by atoms with Crippen LogP contribution in [0.25, 0.3) is 0 Å². The first-order valence-corrected chi connectivity index (χ1v) is 6.06. The molecule has 0 fully saturated rings. The average Bonchev–Trinajstić information content (AvgIpc) is 2.58. The molecule has 0 saturated carbocycles. The number of nitrogens with two attached hydrogens (primary N) is 1. The third kappa shape index (κ3) is 2.44. The lowest BCUT2D eigenvalue weighted by molar-refractivity contribution is 0.574. The number of hydrogen-bond acceptors (Lipinski definition) is 3. The van der Waals surface area contributed by atoms with E-state index in [9.17, 15) is 0 Å². The Morgan fingerprint density at radius 2 is 1.72 bits per heavy atom. The highest BCUT2D eigenvalue weighted by molar-refractivity contribution is 5.35. The summed E-state index contributed by atoms with van der Waals surface area (Å²) in [5.74, 6) is 5.72.